The van der Waals surface area contributed by atoms with Crippen molar-refractivity contribution in [2.45, 2.75) is 38.5 Å². The van der Waals surface area contributed by atoms with E-state index in [0.717, 1.165) is 187 Å². The standard InChI is InChI=1S/C47H31N3O.C47H33N3.C38H23N3O/c1-47(2)38-20-9-6-15-31(38)36-27-42-37(26-39(36)47)32-24-23-29(30-18-12-19-34-33-16-8-11-22-43(33)51-45(30)34)25-41(32)50(42)46-48-40-21-10-7-17-35(40)44(49-46)28-13-4-3-5-14-28;1-47(2)40-19-11-9-17-35(40)38-29-44-39(28-41(38)47)36-26-25-34(32-23-21-31(22-24-32)30-13-5-3-6-14-30)27-43(36)50(44)46-48-42-20-12-10-18-37(42)45(49-46)33-15-7-4-8-16-33;1-3-12-24(13-4-1)26-18-11-19-27-28-22-23-33-34(37(28)42-36(26)27)30-17-8-10-21-32(30)41(33)38-39-31-20-9-7-16-29(31)35(40-38)25-14-5-2-6-15-25/h3-27H,1-2H3;3-29H,1-2H3;1-23H. The minimum Gasteiger partial charge on any atom is -0.455 e. The molecule has 0 radical (unpaired) electrons. The van der Waals surface area contributed by atoms with Crippen molar-refractivity contribution in [3.05, 3.63) is 477 Å². The van der Waals surface area contributed by atoms with Crippen LogP contribution in [-0.4, -0.2) is 43.6 Å². The van der Waals surface area contributed by atoms with E-state index < -0.39 is 0 Å². The Morgan fingerprint density at radius 2 is 0.517 bits per heavy atom. The van der Waals surface area contributed by atoms with Gasteiger partial charge in [-0.3, -0.25) is 13.7 Å². The van der Waals surface area contributed by atoms with Crippen molar-refractivity contribution < 1.29 is 8.83 Å². The molecular weight excluding hydrogens is 1740 g/mol. The SMILES string of the molecule is CC1(C)c2ccccc2-c2cc3c(cc21)c1ccc(-c2ccc(-c4ccccc4)cc2)cc1n3-c1nc(-c2ccccc2)c2ccccc2n1.CC1(C)c2ccccc2-c2cc3c(cc21)c1ccc(-c2cccc4c2oc2ccccc24)cc1n3-c1nc(-c2ccccc2)c2ccccc2n1.c1ccc(-c2nc(-n3c4ccccc4c4c5oc6c(-c7ccccc7)cccc6c5ccc43)nc3ccccc23)cc1. The maximum Gasteiger partial charge on any atom is 0.235 e. The average Bonchev–Trinajstić information content (AvgIpc) is 1.55. The highest BCUT2D eigenvalue weighted by Crippen LogP contribution is 2.55. The molecule has 143 heavy (non-hydrogen) atoms. The number of hydrogen-bond acceptors (Lipinski definition) is 8. The Morgan fingerprint density at radius 3 is 1.02 bits per heavy atom. The van der Waals surface area contributed by atoms with Crippen LogP contribution in [-0.2, 0) is 10.8 Å². The van der Waals surface area contributed by atoms with E-state index in [-0.39, 0.29) is 10.8 Å². The molecule has 0 atom stereocenters. The van der Waals surface area contributed by atoms with Crippen LogP contribution in [0.2, 0.25) is 0 Å². The number of furan rings is 2. The molecule has 0 amide bonds. The second-order valence-electron chi connectivity index (χ2n) is 38.6. The Balaban J connectivity index is 0.000000105. The first-order chi connectivity index (χ1) is 70.4. The average molecular weight is 1830 g/mol. The lowest BCUT2D eigenvalue weighted by molar-refractivity contribution is 0.661. The van der Waals surface area contributed by atoms with Gasteiger partial charge in [-0.1, -0.05) is 404 Å². The van der Waals surface area contributed by atoms with Gasteiger partial charge in [-0.15, -0.1) is 0 Å². The fraction of sp³-hybridized carbons (Fsp3) is 0.0455. The minimum absolute atomic E-state index is 0.102. The fourth-order valence-corrected chi connectivity index (χ4v) is 23.0. The van der Waals surface area contributed by atoms with Crippen molar-refractivity contribution >= 4 is 142 Å². The first-order valence-electron chi connectivity index (χ1n) is 48.9. The molecule has 2 aliphatic carbocycles. The molecule has 11 nitrogen and oxygen atoms in total. The molecule has 2 aliphatic rings. The molecule has 8 aromatic heterocycles. The molecule has 0 aliphatic heterocycles. The molecule has 672 valence electrons. The summed E-state index contributed by atoms with van der Waals surface area (Å²) in [6.07, 6.45) is 0. The van der Waals surface area contributed by atoms with Crippen molar-refractivity contribution in [3.63, 3.8) is 0 Å². The maximum atomic E-state index is 6.82. The molecule has 0 unspecified atom stereocenters. The van der Waals surface area contributed by atoms with Crippen LogP contribution in [0.4, 0.5) is 0 Å². The Bertz CT molecular complexity index is 10100. The van der Waals surface area contributed by atoms with Gasteiger partial charge in [0.05, 0.1) is 72.1 Å². The third kappa shape index (κ3) is 13.2. The second-order valence-corrected chi connectivity index (χ2v) is 38.6. The van der Waals surface area contributed by atoms with E-state index in [1.807, 2.05) is 54.6 Å². The topological polar surface area (TPSA) is 118 Å². The highest BCUT2D eigenvalue weighted by Gasteiger charge is 2.39. The molecule has 0 saturated heterocycles. The number of fused-ring (bicyclic) bond motifs is 25. The molecule has 11 heteroatoms. The Hall–Kier alpha value is -18.6. The molecule has 0 bridgehead atoms. The Kier molecular flexibility index (Phi) is 18.8. The van der Waals surface area contributed by atoms with Crippen LogP contribution in [0.5, 0.6) is 0 Å². The van der Waals surface area contributed by atoms with Crippen molar-refractivity contribution in [2.24, 2.45) is 0 Å². The molecule has 30 rings (SSSR count). The molecule has 28 aromatic rings. The van der Waals surface area contributed by atoms with Gasteiger partial charge in [0.25, 0.3) is 0 Å². The molecule has 0 fully saturated rings. The van der Waals surface area contributed by atoms with Crippen LogP contribution in [0, 0.1) is 0 Å². The highest BCUT2D eigenvalue weighted by atomic mass is 16.3. The van der Waals surface area contributed by atoms with Gasteiger partial charge in [0, 0.05) is 103 Å². The quantitative estimate of drug-likeness (QED) is 0.133. The van der Waals surface area contributed by atoms with Gasteiger partial charge in [0.15, 0.2) is 0 Å². The molecule has 0 N–H and O–H groups in total. The molecule has 20 aromatic carbocycles. The molecule has 8 heterocycles. The van der Waals surface area contributed by atoms with Crippen LogP contribution in [0.25, 0.3) is 260 Å². The third-order valence-corrected chi connectivity index (χ3v) is 29.9. The van der Waals surface area contributed by atoms with E-state index >= 15 is 0 Å². The van der Waals surface area contributed by atoms with Crippen molar-refractivity contribution in [2.75, 3.05) is 0 Å². The summed E-state index contributed by atoms with van der Waals surface area (Å²) in [5, 5.41) is 14.5. The molecule has 0 spiro atoms. The van der Waals surface area contributed by atoms with Gasteiger partial charge in [0.2, 0.25) is 17.8 Å². The number of rotatable bonds is 10. The monoisotopic (exact) mass is 1830 g/mol. The third-order valence-electron chi connectivity index (χ3n) is 29.9. The van der Waals surface area contributed by atoms with E-state index in [9.17, 15) is 0 Å². The summed E-state index contributed by atoms with van der Waals surface area (Å²) in [4.78, 5) is 31.6. The summed E-state index contributed by atoms with van der Waals surface area (Å²) in [5.41, 5.74) is 38.1. The summed E-state index contributed by atoms with van der Waals surface area (Å²) in [6.45, 7) is 9.37. The predicted molar refractivity (Wildman–Crippen MR) is 589 cm³/mol. The summed E-state index contributed by atoms with van der Waals surface area (Å²) in [5.74, 6) is 1.96. The zero-order chi connectivity index (χ0) is 94.9. The number of para-hydroxylation sites is 7. The summed E-state index contributed by atoms with van der Waals surface area (Å²) in [6, 6.07) is 161. The summed E-state index contributed by atoms with van der Waals surface area (Å²) < 4.78 is 20.1. The Morgan fingerprint density at radius 1 is 0.182 bits per heavy atom. The van der Waals surface area contributed by atoms with Gasteiger partial charge < -0.3 is 8.83 Å². The van der Waals surface area contributed by atoms with Gasteiger partial charge in [-0.25, -0.2) is 29.9 Å². The van der Waals surface area contributed by atoms with E-state index in [1.165, 1.54) is 77.4 Å². The lowest BCUT2D eigenvalue weighted by Crippen LogP contribution is -2.14. The van der Waals surface area contributed by atoms with Gasteiger partial charge in [-0.2, -0.15) is 0 Å². The van der Waals surface area contributed by atoms with Crippen LogP contribution < -0.4 is 0 Å². The fourth-order valence-electron chi connectivity index (χ4n) is 23.0. The van der Waals surface area contributed by atoms with Gasteiger partial charge in [-0.05, 0) is 157 Å². The number of aromatic nitrogens is 9. The van der Waals surface area contributed by atoms with Crippen molar-refractivity contribution in [1.29, 1.82) is 0 Å². The van der Waals surface area contributed by atoms with E-state index in [1.54, 1.807) is 0 Å². The van der Waals surface area contributed by atoms with E-state index in [2.05, 4.69) is 442 Å². The number of hydrogen-bond donors (Lipinski definition) is 0. The van der Waals surface area contributed by atoms with Gasteiger partial charge >= 0.3 is 0 Å². The lowest BCUT2D eigenvalue weighted by atomic mass is 9.82. The van der Waals surface area contributed by atoms with E-state index in [4.69, 9.17) is 38.7 Å². The zero-order valence-electron chi connectivity index (χ0n) is 78.6. The largest absolute Gasteiger partial charge is 0.455 e. The van der Waals surface area contributed by atoms with Gasteiger partial charge in [0.1, 0.15) is 22.3 Å². The maximum absolute atomic E-state index is 6.82. The van der Waals surface area contributed by atoms with Crippen LogP contribution in [0.3, 0.4) is 0 Å². The molecule has 0 saturated carbocycles. The number of benzene rings is 20. The number of nitrogens with zero attached hydrogens (tertiary/aromatic N) is 9. The molecular formula is C132H87N9O2. The van der Waals surface area contributed by atoms with Crippen LogP contribution in [0.1, 0.15) is 49.9 Å². The second kappa shape index (κ2) is 32.5. The smallest absolute Gasteiger partial charge is 0.235 e. The first-order valence-corrected chi connectivity index (χ1v) is 48.9. The minimum atomic E-state index is -0.120. The summed E-state index contributed by atoms with van der Waals surface area (Å²) in [7, 11) is 0. The van der Waals surface area contributed by atoms with Crippen LogP contribution >= 0.6 is 0 Å². The zero-order valence-corrected chi connectivity index (χ0v) is 78.6. The van der Waals surface area contributed by atoms with Crippen LogP contribution in [0.15, 0.2) is 464 Å². The normalized spacial score (nSPS) is 12.9. The van der Waals surface area contributed by atoms with Crippen molar-refractivity contribution in [1.82, 2.24) is 43.6 Å². The highest BCUT2D eigenvalue weighted by molar-refractivity contribution is 6.25. The summed E-state index contributed by atoms with van der Waals surface area (Å²) >= 11 is 0. The lowest BCUT2D eigenvalue weighted by Gasteiger charge is -2.21. The van der Waals surface area contributed by atoms with E-state index in [0.29, 0.717) is 17.8 Å². The first kappa shape index (κ1) is 82.7. The van der Waals surface area contributed by atoms with Crippen molar-refractivity contribution in [3.8, 4) is 118 Å². The Labute approximate surface area is 822 Å². The predicted octanol–water partition coefficient (Wildman–Crippen LogP) is 34.3.